The number of aromatic nitrogens is 1. The Labute approximate surface area is 176 Å². The lowest BCUT2D eigenvalue weighted by Gasteiger charge is -2.31. The van der Waals surface area contributed by atoms with Gasteiger partial charge in [-0.15, -0.1) is 0 Å². The zero-order valence-corrected chi connectivity index (χ0v) is 17.2. The van der Waals surface area contributed by atoms with Crippen molar-refractivity contribution >= 4 is 11.8 Å². The molecule has 2 bridgehead atoms. The number of anilines is 1. The first-order valence-electron chi connectivity index (χ1n) is 11.2. The zero-order valence-electron chi connectivity index (χ0n) is 17.2. The summed E-state index contributed by atoms with van der Waals surface area (Å²) in [7, 11) is 0. The summed E-state index contributed by atoms with van der Waals surface area (Å²) in [5.41, 5.74) is 0.259. The molecule has 7 heteroatoms. The van der Waals surface area contributed by atoms with Crippen LogP contribution < -0.4 is 10.2 Å². The number of rotatable bonds is 6. The van der Waals surface area contributed by atoms with Gasteiger partial charge in [-0.05, 0) is 68.4 Å². The molecule has 30 heavy (non-hydrogen) atoms. The monoisotopic (exact) mass is 408 g/mol. The zero-order chi connectivity index (χ0) is 20.5. The van der Waals surface area contributed by atoms with E-state index in [4.69, 9.17) is 8.83 Å². The molecule has 3 unspecified atom stereocenters. The molecule has 0 radical (unpaired) electrons. The standard InChI is InChI=1S/C23H28N4O3/c24-14-19-23(30-22(26-19)20-2-1-11-29-20)27-9-6-16(7-10-27)21(28)25-8-5-18-13-15-3-4-17(18)12-15/h1-2,11,15-18H,3-10,12-13H2,(H,25,28). The lowest BCUT2D eigenvalue weighted by Crippen LogP contribution is -2.41. The third kappa shape index (κ3) is 3.71. The minimum absolute atomic E-state index is 0.0271. The molecule has 7 nitrogen and oxygen atoms in total. The van der Waals surface area contributed by atoms with Gasteiger partial charge >= 0.3 is 0 Å². The number of carbonyl (C=O) groups is 1. The molecule has 1 amide bonds. The summed E-state index contributed by atoms with van der Waals surface area (Å²) in [6.45, 7) is 2.15. The van der Waals surface area contributed by atoms with E-state index in [-0.39, 0.29) is 17.5 Å². The van der Waals surface area contributed by atoms with Gasteiger partial charge in [-0.1, -0.05) is 6.42 Å². The number of amides is 1. The predicted octanol–water partition coefficient (Wildman–Crippen LogP) is 3.97. The van der Waals surface area contributed by atoms with E-state index in [9.17, 15) is 10.1 Å². The van der Waals surface area contributed by atoms with E-state index in [0.717, 1.165) is 43.6 Å². The second-order valence-corrected chi connectivity index (χ2v) is 9.04. The van der Waals surface area contributed by atoms with Crippen LogP contribution in [0, 0.1) is 35.0 Å². The van der Waals surface area contributed by atoms with Crippen molar-refractivity contribution in [3.63, 3.8) is 0 Å². The average Bonchev–Trinajstić information content (AvgIpc) is 3.57. The molecule has 1 aliphatic heterocycles. The van der Waals surface area contributed by atoms with Crippen molar-refractivity contribution in [3.8, 4) is 17.7 Å². The first-order valence-corrected chi connectivity index (χ1v) is 11.2. The maximum Gasteiger partial charge on any atom is 0.266 e. The summed E-state index contributed by atoms with van der Waals surface area (Å²) < 4.78 is 11.2. The minimum Gasteiger partial charge on any atom is -0.459 e. The van der Waals surface area contributed by atoms with Crippen LogP contribution in [0.25, 0.3) is 11.7 Å². The number of fused-ring (bicyclic) bond motifs is 2. The van der Waals surface area contributed by atoms with Gasteiger partial charge in [0.1, 0.15) is 6.07 Å². The molecule has 2 saturated carbocycles. The highest BCUT2D eigenvalue weighted by Crippen LogP contribution is 2.49. The van der Waals surface area contributed by atoms with Gasteiger partial charge in [0.25, 0.3) is 5.89 Å². The third-order valence-electron chi connectivity index (χ3n) is 7.30. The maximum atomic E-state index is 12.6. The highest BCUT2D eigenvalue weighted by atomic mass is 16.4. The molecule has 3 atom stereocenters. The number of carbonyl (C=O) groups excluding carboxylic acids is 1. The Kier molecular flexibility index (Phi) is 5.24. The van der Waals surface area contributed by atoms with Crippen LogP contribution in [0.2, 0.25) is 0 Å². The van der Waals surface area contributed by atoms with Crippen LogP contribution in [0.3, 0.4) is 0 Å². The van der Waals surface area contributed by atoms with Gasteiger partial charge < -0.3 is 19.1 Å². The molecule has 2 aromatic heterocycles. The van der Waals surface area contributed by atoms with Crippen LogP contribution in [0.1, 0.15) is 50.6 Å². The number of hydrogen-bond acceptors (Lipinski definition) is 6. The average molecular weight is 409 g/mol. The Hall–Kier alpha value is -2.75. The number of oxazole rings is 1. The summed E-state index contributed by atoms with van der Waals surface area (Å²) in [6.07, 6.45) is 9.80. The van der Waals surface area contributed by atoms with Crippen molar-refractivity contribution in [1.82, 2.24) is 10.3 Å². The topological polar surface area (TPSA) is 95.3 Å². The Morgan fingerprint density at radius 3 is 2.80 bits per heavy atom. The van der Waals surface area contributed by atoms with E-state index >= 15 is 0 Å². The highest BCUT2D eigenvalue weighted by Gasteiger charge is 2.39. The van der Waals surface area contributed by atoms with Gasteiger partial charge in [-0.25, -0.2) is 0 Å². The summed E-state index contributed by atoms with van der Waals surface area (Å²) >= 11 is 0. The second kappa shape index (κ2) is 8.17. The molecule has 2 aromatic rings. The molecule has 5 rings (SSSR count). The molecular formula is C23H28N4O3. The number of nitriles is 1. The van der Waals surface area contributed by atoms with Crippen molar-refractivity contribution in [2.45, 2.75) is 44.9 Å². The normalized spacial score (nSPS) is 26.1. The quantitative estimate of drug-likeness (QED) is 0.777. The smallest absolute Gasteiger partial charge is 0.266 e. The summed E-state index contributed by atoms with van der Waals surface area (Å²) in [6, 6.07) is 5.62. The molecule has 3 heterocycles. The predicted molar refractivity (Wildman–Crippen MR) is 110 cm³/mol. The van der Waals surface area contributed by atoms with Crippen LogP contribution >= 0.6 is 0 Å². The van der Waals surface area contributed by atoms with Crippen LogP contribution in [-0.2, 0) is 4.79 Å². The number of piperidine rings is 1. The van der Waals surface area contributed by atoms with Crippen molar-refractivity contribution in [2.75, 3.05) is 24.5 Å². The summed E-state index contributed by atoms with van der Waals surface area (Å²) in [5.74, 6) is 4.19. The van der Waals surface area contributed by atoms with Gasteiger partial charge in [0, 0.05) is 25.6 Å². The SMILES string of the molecule is N#Cc1nc(-c2ccco2)oc1N1CCC(C(=O)NCCC2CC3CCC2C3)CC1. The van der Waals surface area contributed by atoms with Gasteiger partial charge in [-0.2, -0.15) is 10.2 Å². The molecule has 3 fully saturated rings. The van der Waals surface area contributed by atoms with E-state index in [2.05, 4.69) is 16.4 Å². The third-order valence-corrected chi connectivity index (χ3v) is 7.30. The molecule has 0 spiro atoms. The maximum absolute atomic E-state index is 12.6. The number of nitrogens with zero attached hydrogens (tertiary/aromatic N) is 3. The van der Waals surface area contributed by atoms with E-state index in [1.54, 1.807) is 18.4 Å². The van der Waals surface area contributed by atoms with E-state index in [1.165, 1.54) is 25.7 Å². The van der Waals surface area contributed by atoms with Gasteiger partial charge in [0.2, 0.25) is 17.5 Å². The van der Waals surface area contributed by atoms with Crippen molar-refractivity contribution < 1.29 is 13.6 Å². The summed E-state index contributed by atoms with van der Waals surface area (Å²) in [4.78, 5) is 18.9. The Bertz CT molecular complexity index is 921. The molecule has 3 aliphatic rings. The van der Waals surface area contributed by atoms with Crippen LogP contribution in [0.5, 0.6) is 0 Å². The van der Waals surface area contributed by atoms with Crippen LogP contribution in [0.15, 0.2) is 27.2 Å². The Morgan fingerprint density at radius 2 is 2.13 bits per heavy atom. The van der Waals surface area contributed by atoms with Crippen LogP contribution in [0.4, 0.5) is 5.88 Å². The fourth-order valence-electron chi connectivity index (χ4n) is 5.70. The van der Waals surface area contributed by atoms with E-state index in [1.807, 2.05) is 4.90 Å². The molecule has 0 aromatic carbocycles. The second-order valence-electron chi connectivity index (χ2n) is 9.04. The highest BCUT2D eigenvalue weighted by molar-refractivity contribution is 5.79. The van der Waals surface area contributed by atoms with Crippen molar-refractivity contribution in [3.05, 3.63) is 24.1 Å². The summed E-state index contributed by atoms with van der Waals surface area (Å²) in [5, 5.41) is 12.6. The van der Waals surface area contributed by atoms with Gasteiger partial charge in [0.15, 0.2) is 5.76 Å². The molecule has 158 valence electrons. The van der Waals surface area contributed by atoms with E-state index < -0.39 is 0 Å². The lowest BCUT2D eigenvalue weighted by molar-refractivity contribution is -0.125. The minimum atomic E-state index is 0.0271. The number of hydrogen-bond donors (Lipinski definition) is 1. The van der Waals surface area contributed by atoms with Crippen LogP contribution in [-0.4, -0.2) is 30.5 Å². The molecule has 1 saturated heterocycles. The van der Waals surface area contributed by atoms with Crippen molar-refractivity contribution in [2.24, 2.45) is 23.7 Å². The van der Waals surface area contributed by atoms with Gasteiger partial charge in [0.05, 0.1) is 6.26 Å². The van der Waals surface area contributed by atoms with Crippen molar-refractivity contribution in [1.29, 1.82) is 5.26 Å². The first kappa shape index (κ1) is 19.2. The largest absolute Gasteiger partial charge is 0.459 e. The lowest BCUT2D eigenvalue weighted by atomic mass is 9.86. The fraction of sp³-hybridized carbons (Fsp3) is 0.609. The molecule has 2 aliphatic carbocycles. The fourth-order valence-corrected chi connectivity index (χ4v) is 5.70. The Balaban J connectivity index is 1.12. The first-order chi connectivity index (χ1) is 14.7. The molecular weight excluding hydrogens is 380 g/mol. The Morgan fingerprint density at radius 1 is 1.27 bits per heavy atom. The number of furan rings is 1. The van der Waals surface area contributed by atoms with Gasteiger partial charge in [-0.3, -0.25) is 4.79 Å². The van der Waals surface area contributed by atoms with E-state index in [0.29, 0.717) is 30.6 Å². The number of nitrogens with one attached hydrogen (secondary N) is 1. The molecule has 1 N–H and O–H groups in total.